The normalized spacial score (nSPS) is 16.0. The highest BCUT2D eigenvalue weighted by atomic mass is 16.9. The van der Waals surface area contributed by atoms with Gasteiger partial charge in [-0.3, -0.25) is 14.8 Å². The maximum absolute atomic E-state index is 11.8. The first kappa shape index (κ1) is 16.6. The summed E-state index contributed by atoms with van der Waals surface area (Å²) in [5.41, 5.74) is 1.25. The molecular weight excluding hydrogens is 306 g/mol. The van der Waals surface area contributed by atoms with Gasteiger partial charge in [-0.05, 0) is 30.2 Å². The zero-order valence-electron chi connectivity index (χ0n) is 13.0. The molecule has 0 spiro atoms. The molecule has 0 saturated heterocycles. The van der Waals surface area contributed by atoms with Gasteiger partial charge in [0.05, 0.1) is 27.4 Å². The Morgan fingerprint density at radius 2 is 1.91 bits per heavy atom. The minimum atomic E-state index is -1.19. The summed E-state index contributed by atoms with van der Waals surface area (Å²) in [6.07, 6.45) is 0.355. The van der Waals surface area contributed by atoms with Crippen molar-refractivity contribution in [1.29, 1.82) is 0 Å². The quantitative estimate of drug-likeness (QED) is 0.452. The van der Waals surface area contributed by atoms with Gasteiger partial charge in [-0.2, -0.15) is 0 Å². The first-order chi connectivity index (χ1) is 11.0. The Morgan fingerprint density at radius 1 is 1.26 bits per heavy atom. The molecular formula is C15H17NO7. The molecule has 1 heterocycles. The van der Waals surface area contributed by atoms with Gasteiger partial charge in [-0.25, -0.2) is 0 Å². The molecule has 0 saturated carbocycles. The Hall–Kier alpha value is -2.77. The fourth-order valence-electron chi connectivity index (χ4n) is 2.36. The standard InChI is InChI=1S/C15H17NO7/c1-20-10-5-4-9-8-16(19)23-13(11(9)6-10)7-12(14(17)21-2)15(18)22-3/h4-6,8,12-13H,7H2,1-3H3. The molecule has 0 amide bonds. The second-order valence-corrected chi connectivity index (χ2v) is 4.84. The highest BCUT2D eigenvalue weighted by Gasteiger charge is 2.34. The first-order valence-corrected chi connectivity index (χ1v) is 6.81. The fourth-order valence-corrected chi connectivity index (χ4v) is 2.36. The second kappa shape index (κ2) is 6.99. The average molecular weight is 323 g/mol. The Bertz CT molecular complexity index is 625. The zero-order valence-corrected chi connectivity index (χ0v) is 13.0. The van der Waals surface area contributed by atoms with E-state index in [0.29, 0.717) is 21.8 Å². The third kappa shape index (κ3) is 3.53. The first-order valence-electron chi connectivity index (χ1n) is 6.81. The maximum Gasteiger partial charge on any atom is 0.320 e. The molecule has 0 N–H and O–H groups in total. The topological polar surface area (TPSA) is 97.1 Å². The molecule has 23 heavy (non-hydrogen) atoms. The van der Waals surface area contributed by atoms with Crippen LogP contribution in [0, 0.1) is 11.1 Å². The van der Waals surface area contributed by atoms with E-state index in [2.05, 4.69) is 9.47 Å². The van der Waals surface area contributed by atoms with E-state index in [1.54, 1.807) is 18.2 Å². The van der Waals surface area contributed by atoms with Crippen molar-refractivity contribution in [3.63, 3.8) is 0 Å². The van der Waals surface area contributed by atoms with Gasteiger partial charge in [0.15, 0.2) is 5.92 Å². The third-order valence-electron chi connectivity index (χ3n) is 3.54. The van der Waals surface area contributed by atoms with E-state index in [0.717, 1.165) is 0 Å². The summed E-state index contributed by atoms with van der Waals surface area (Å²) in [6, 6.07) is 5.08. The van der Waals surface area contributed by atoms with Crippen molar-refractivity contribution in [1.82, 2.24) is 0 Å². The number of hydrogen-bond acceptors (Lipinski definition) is 7. The van der Waals surface area contributed by atoms with Crippen LogP contribution in [0.3, 0.4) is 0 Å². The van der Waals surface area contributed by atoms with Crippen molar-refractivity contribution < 1.29 is 33.5 Å². The number of carbonyl (C=O) groups excluding carboxylic acids is 2. The van der Waals surface area contributed by atoms with Gasteiger partial charge in [0, 0.05) is 10.5 Å². The molecule has 124 valence electrons. The fraction of sp³-hybridized carbons (Fsp3) is 0.400. The van der Waals surface area contributed by atoms with Crippen molar-refractivity contribution in [3.8, 4) is 5.75 Å². The lowest BCUT2D eigenvalue weighted by molar-refractivity contribution is -0.754. The number of nitrogens with zero attached hydrogens (tertiary/aromatic N) is 1. The summed E-state index contributed by atoms with van der Waals surface area (Å²) in [4.78, 5) is 29.1. The number of benzene rings is 1. The van der Waals surface area contributed by atoms with Crippen molar-refractivity contribution in [2.75, 3.05) is 21.3 Å². The van der Waals surface area contributed by atoms with Crippen LogP contribution in [0.5, 0.6) is 5.75 Å². The zero-order chi connectivity index (χ0) is 17.0. The number of fused-ring (bicyclic) bond motifs is 1. The highest BCUT2D eigenvalue weighted by molar-refractivity contribution is 5.94. The summed E-state index contributed by atoms with van der Waals surface area (Å²) in [6.45, 7) is 0. The highest BCUT2D eigenvalue weighted by Crippen LogP contribution is 2.33. The van der Waals surface area contributed by atoms with Gasteiger partial charge in [0.2, 0.25) is 6.21 Å². The minimum absolute atomic E-state index is 0.0912. The van der Waals surface area contributed by atoms with Crippen LogP contribution in [-0.4, -0.2) is 44.4 Å². The van der Waals surface area contributed by atoms with Crippen LogP contribution < -0.4 is 4.74 Å². The van der Waals surface area contributed by atoms with Crippen LogP contribution >= 0.6 is 0 Å². The number of methoxy groups -OCH3 is 3. The molecule has 0 aliphatic carbocycles. The predicted octanol–water partition coefficient (Wildman–Crippen LogP) is 0.963. The molecule has 0 radical (unpaired) electrons. The molecule has 1 aromatic carbocycles. The van der Waals surface area contributed by atoms with Crippen LogP contribution in [0.4, 0.5) is 0 Å². The Labute approximate surface area is 132 Å². The van der Waals surface area contributed by atoms with Crippen molar-refractivity contribution >= 4 is 18.2 Å². The van der Waals surface area contributed by atoms with Crippen molar-refractivity contribution in [3.05, 3.63) is 34.5 Å². The summed E-state index contributed by atoms with van der Waals surface area (Å²) in [5.74, 6) is -2.13. The Kier molecular flexibility index (Phi) is 5.05. The number of ether oxygens (including phenoxy) is 3. The average Bonchev–Trinajstić information content (AvgIpc) is 2.57. The molecule has 0 bridgehead atoms. The van der Waals surface area contributed by atoms with E-state index < -0.39 is 24.0 Å². The van der Waals surface area contributed by atoms with E-state index in [1.165, 1.54) is 27.5 Å². The van der Waals surface area contributed by atoms with Gasteiger partial charge < -0.3 is 19.0 Å². The van der Waals surface area contributed by atoms with E-state index in [4.69, 9.17) is 9.57 Å². The van der Waals surface area contributed by atoms with Crippen LogP contribution in [-0.2, 0) is 23.9 Å². The van der Waals surface area contributed by atoms with Gasteiger partial charge >= 0.3 is 11.9 Å². The SMILES string of the molecule is COC(=O)C(CC1O[N+]([O-])=Cc2ccc(OC)cc21)C(=O)OC. The molecule has 8 heteroatoms. The minimum Gasteiger partial charge on any atom is -0.497 e. The van der Waals surface area contributed by atoms with Gasteiger partial charge in [0.25, 0.3) is 0 Å². The Morgan fingerprint density at radius 3 is 2.48 bits per heavy atom. The molecule has 8 nitrogen and oxygen atoms in total. The van der Waals surface area contributed by atoms with Crippen molar-refractivity contribution in [2.24, 2.45) is 5.92 Å². The van der Waals surface area contributed by atoms with Gasteiger partial charge in [-0.15, -0.1) is 0 Å². The second-order valence-electron chi connectivity index (χ2n) is 4.84. The molecule has 1 unspecified atom stereocenters. The van der Waals surface area contributed by atoms with E-state index in [-0.39, 0.29) is 6.42 Å². The summed E-state index contributed by atoms with van der Waals surface area (Å²) in [7, 11) is 3.85. The molecule has 2 rings (SSSR count). The largest absolute Gasteiger partial charge is 0.497 e. The molecule has 1 aromatic rings. The van der Waals surface area contributed by atoms with Crippen LogP contribution in [0.25, 0.3) is 0 Å². The summed E-state index contributed by atoms with van der Waals surface area (Å²) >= 11 is 0. The Balaban J connectivity index is 2.34. The van der Waals surface area contributed by atoms with E-state index in [9.17, 15) is 14.8 Å². The number of rotatable bonds is 5. The summed E-state index contributed by atoms with van der Waals surface area (Å²) < 4.78 is 14.4. The number of hydrogen-bond donors (Lipinski definition) is 0. The van der Waals surface area contributed by atoms with Crippen LogP contribution in [0.1, 0.15) is 23.7 Å². The lowest BCUT2D eigenvalue weighted by Gasteiger charge is -2.27. The summed E-state index contributed by atoms with van der Waals surface area (Å²) in [5, 5.41) is 11.6. The molecule has 0 aromatic heterocycles. The molecule has 1 aliphatic heterocycles. The third-order valence-corrected chi connectivity index (χ3v) is 3.54. The van der Waals surface area contributed by atoms with Crippen molar-refractivity contribution in [2.45, 2.75) is 12.5 Å². The molecule has 1 aliphatic rings. The monoisotopic (exact) mass is 323 g/mol. The van der Waals surface area contributed by atoms with E-state index in [1.807, 2.05) is 0 Å². The molecule has 0 fully saturated rings. The smallest absolute Gasteiger partial charge is 0.320 e. The van der Waals surface area contributed by atoms with Crippen LogP contribution in [0.15, 0.2) is 18.2 Å². The van der Waals surface area contributed by atoms with Gasteiger partial charge in [-0.1, -0.05) is 0 Å². The number of esters is 2. The van der Waals surface area contributed by atoms with Gasteiger partial charge in [0.1, 0.15) is 5.75 Å². The lowest BCUT2D eigenvalue weighted by Crippen LogP contribution is -2.31. The maximum atomic E-state index is 11.8. The molecule has 1 atom stereocenters. The lowest BCUT2D eigenvalue weighted by atomic mass is 9.93. The van der Waals surface area contributed by atoms with E-state index >= 15 is 0 Å². The number of carbonyl (C=O) groups is 2. The predicted molar refractivity (Wildman–Crippen MR) is 77.8 cm³/mol. The van der Waals surface area contributed by atoms with Crippen LogP contribution in [0.2, 0.25) is 0 Å².